The molecule has 1 aromatic rings. The molecular weight excluding hydrogens is 262 g/mol. The van der Waals surface area contributed by atoms with Crippen LogP contribution in [0.1, 0.15) is 45.4 Å². The first-order valence-electron chi connectivity index (χ1n) is 8.01. The molecule has 2 rings (SSSR count). The third kappa shape index (κ3) is 3.97. The van der Waals surface area contributed by atoms with Gasteiger partial charge in [-0.2, -0.15) is 0 Å². The van der Waals surface area contributed by atoms with Crippen molar-refractivity contribution in [1.82, 2.24) is 0 Å². The SMILES string of the molecule is CCCC(N)C(=O)Nc1ccccc1N(C)C1CCCC1. The Kier molecular flexibility index (Phi) is 5.62. The zero-order valence-electron chi connectivity index (χ0n) is 13.1. The number of para-hydroxylation sites is 2. The summed E-state index contributed by atoms with van der Waals surface area (Å²) < 4.78 is 0. The standard InChI is InChI=1S/C17H27N3O/c1-3-8-14(18)17(21)19-15-11-6-7-12-16(15)20(2)13-9-4-5-10-13/h6-7,11-14H,3-5,8-10,18H2,1-2H3,(H,19,21). The van der Waals surface area contributed by atoms with Crippen LogP contribution in [-0.4, -0.2) is 25.0 Å². The van der Waals surface area contributed by atoms with Crippen LogP contribution in [0.3, 0.4) is 0 Å². The molecule has 1 unspecified atom stereocenters. The Bertz CT molecular complexity index is 469. The van der Waals surface area contributed by atoms with Crippen molar-refractivity contribution in [2.75, 3.05) is 17.3 Å². The van der Waals surface area contributed by atoms with E-state index in [-0.39, 0.29) is 5.91 Å². The molecular formula is C17H27N3O. The number of carbonyl (C=O) groups excluding carboxylic acids is 1. The molecule has 0 spiro atoms. The Labute approximate surface area is 127 Å². The number of benzene rings is 1. The Hall–Kier alpha value is -1.55. The lowest BCUT2D eigenvalue weighted by atomic mass is 10.1. The summed E-state index contributed by atoms with van der Waals surface area (Å²) in [6.07, 6.45) is 6.68. The quantitative estimate of drug-likeness (QED) is 0.846. The first-order chi connectivity index (χ1) is 10.1. The second-order valence-electron chi connectivity index (χ2n) is 5.95. The van der Waals surface area contributed by atoms with Crippen LogP contribution in [0.2, 0.25) is 0 Å². The number of amides is 1. The van der Waals surface area contributed by atoms with Gasteiger partial charge in [-0.25, -0.2) is 0 Å². The summed E-state index contributed by atoms with van der Waals surface area (Å²) in [6, 6.07) is 8.14. The van der Waals surface area contributed by atoms with Gasteiger partial charge in [0.15, 0.2) is 0 Å². The number of rotatable bonds is 6. The highest BCUT2D eigenvalue weighted by atomic mass is 16.2. The van der Waals surface area contributed by atoms with Gasteiger partial charge in [-0.15, -0.1) is 0 Å². The summed E-state index contributed by atoms with van der Waals surface area (Å²) in [4.78, 5) is 14.4. The van der Waals surface area contributed by atoms with Crippen molar-refractivity contribution in [1.29, 1.82) is 0 Å². The van der Waals surface area contributed by atoms with Gasteiger partial charge in [0.2, 0.25) is 5.91 Å². The van der Waals surface area contributed by atoms with Gasteiger partial charge in [0.05, 0.1) is 17.4 Å². The lowest BCUT2D eigenvalue weighted by Gasteiger charge is -2.29. The van der Waals surface area contributed by atoms with Gasteiger partial charge in [-0.1, -0.05) is 38.3 Å². The largest absolute Gasteiger partial charge is 0.370 e. The molecule has 0 saturated heterocycles. The molecule has 0 heterocycles. The normalized spacial score (nSPS) is 16.7. The third-order valence-electron chi connectivity index (χ3n) is 4.35. The van der Waals surface area contributed by atoms with E-state index in [0.29, 0.717) is 12.5 Å². The maximum atomic E-state index is 12.1. The Balaban J connectivity index is 2.11. The molecule has 1 amide bonds. The summed E-state index contributed by atoms with van der Waals surface area (Å²) in [5.74, 6) is -0.0934. The molecule has 1 aliphatic carbocycles. The zero-order valence-corrected chi connectivity index (χ0v) is 13.1. The second-order valence-corrected chi connectivity index (χ2v) is 5.95. The van der Waals surface area contributed by atoms with Crippen molar-refractivity contribution in [2.45, 2.75) is 57.5 Å². The monoisotopic (exact) mass is 289 g/mol. The van der Waals surface area contributed by atoms with E-state index in [1.54, 1.807) is 0 Å². The summed E-state index contributed by atoms with van der Waals surface area (Å²) in [7, 11) is 2.12. The Morgan fingerprint density at radius 1 is 1.38 bits per heavy atom. The topological polar surface area (TPSA) is 58.4 Å². The highest BCUT2D eigenvalue weighted by Crippen LogP contribution is 2.31. The summed E-state index contributed by atoms with van der Waals surface area (Å²) in [5, 5.41) is 2.99. The van der Waals surface area contributed by atoms with Crippen molar-refractivity contribution in [2.24, 2.45) is 5.73 Å². The molecule has 1 atom stereocenters. The Morgan fingerprint density at radius 2 is 2.05 bits per heavy atom. The maximum absolute atomic E-state index is 12.1. The molecule has 1 saturated carbocycles. The number of hydrogen-bond donors (Lipinski definition) is 2. The lowest BCUT2D eigenvalue weighted by Crippen LogP contribution is -2.36. The molecule has 4 heteroatoms. The minimum Gasteiger partial charge on any atom is -0.370 e. The van der Waals surface area contributed by atoms with E-state index < -0.39 is 6.04 Å². The van der Waals surface area contributed by atoms with Gasteiger partial charge in [0.1, 0.15) is 0 Å². The molecule has 1 aromatic carbocycles. The highest BCUT2D eigenvalue weighted by molar-refractivity contribution is 5.97. The van der Waals surface area contributed by atoms with Gasteiger partial charge in [0.25, 0.3) is 0 Å². The fourth-order valence-corrected chi connectivity index (χ4v) is 3.04. The van der Waals surface area contributed by atoms with E-state index >= 15 is 0 Å². The fraction of sp³-hybridized carbons (Fsp3) is 0.588. The molecule has 0 radical (unpaired) electrons. The summed E-state index contributed by atoms with van der Waals surface area (Å²) >= 11 is 0. The molecule has 116 valence electrons. The van der Waals surface area contributed by atoms with Crippen molar-refractivity contribution in [3.05, 3.63) is 24.3 Å². The van der Waals surface area contributed by atoms with Crippen LogP contribution >= 0.6 is 0 Å². The van der Waals surface area contributed by atoms with E-state index in [1.807, 2.05) is 25.1 Å². The van der Waals surface area contributed by atoms with Crippen molar-refractivity contribution < 1.29 is 4.79 Å². The Morgan fingerprint density at radius 3 is 2.71 bits per heavy atom. The van der Waals surface area contributed by atoms with Crippen molar-refractivity contribution >= 4 is 17.3 Å². The van der Waals surface area contributed by atoms with Crippen LogP contribution in [0, 0.1) is 0 Å². The highest BCUT2D eigenvalue weighted by Gasteiger charge is 2.22. The van der Waals surface area contributed by atoms with E-state index in [2.05, 4.69) is 23.3 Å². The molecule has 1 aliphatic rings. The minimum absolute atomic E-state index is 0.0934. The van der Waals surface area contributed by atoms with Crippen molar-refractivity contribution in [3.8, 4) is 0 Å². The van der Waals surface area contributed by atoms with Gasteiger partial charge < -0.3 is 16.0 Å². The first-order valence-corrected chi connectivity index (χ1v) is 8.01. The van der Waals surface area contributed by atoms with E-state index in [9.17, 15) is 4.79 Å². The number of hydrogen-bond acceptors (Lipinski definition) is 3. The van der Waals surface area contributed by atoms with E-state index in [4.69, 9.17) is 5.73 Å². The molecule has 0 aromatic heterocycles. The van der Waals surface area contributed by atoms with Gasteiger partial charge in [-0.05, 0) is 31.4 Å². The van der Waals surface area contributed by atoms with Gasteiger partial charge in [0, 0.05) is 13.1 Å². The average molecular weight is 289 g/mol. The number of anilines is 2. The van der Waals surface area contributed by atoms with Crippen LogP contribution in [0.15, 0.2) is 24.3 Å². The molecule has 0 aliphatic heterocycles. The van der Waals surface area contributed by atoms with Crippen LogP contribution in [0.5, 0.6) is 0 Å². The lowest BCUT2D eigenvalue weighted by molar-refractivity contribution is -0.117. The van der Waals surface area contributed by atoms with Crippen LogP contribution in [0.4, 0.5) is 11.4 Å². The zero-order chi connectivity index (χ0) is 15.2. The molecule has 3 N–H and O–H groups in total. The number of carbonyl (C=O) groups is 1. The van der Waals surface area contributed by atoms with Crippen LogP contribution in [-0.2, 0) is 4.79 Å². The number of nitrogens with two attached hydrogens (primary N) is 1. The summed E-state index contributed by atoms with van der Waals surface area (Å²) in [6.45, 7) is 2.04. The molecule has 1 fully saturated rings. The van der Waals surface area contributed by atoms with E-state index in [1.165, 1.54) is 25.7 Å². The molecule has 4 nitrogen and oxygen atoms in total. The van der Waals surface area contributed by atoms with E-state index in [0.717, 1.165) is 17.8 Å². The second kappa shape index (κ2) is 7.46. The average Bonchev–Trinajstić information content (AvgIpc) is 3.01. The van der Waals surface area contributed by atoms with Gasteiger partial charge >= 0.3 is 0 Å². The third-order valence-corrected chi connectivity index (χ3v) is 4.35. The van der Waals surface area contributed by atoms with Gasteiger partial charge in [-0.3, -0.25) is 4.79 Å². The number of nitrogens with one attached hydrogen (secondary N) is 1. The van der Waals surface area contributed by atoms with Crippen molar-refractivity contribution in [3.63, 3.8) is 0 Å². The maximum Gasteiger partial charge on any atom is 0.241 e. The summed E-state index contributed by atoms with van der Waals surface area (Å²) in [5.41, 5.74) is 7.85. The molecule has 21 heavy (non-hydrogen) atoms. The van der Waals surface area contributed by atoms with Crippen LogP contribution < -0.4 is 16.0 Å². The fourth-order valence-electron chi connectivity index (χ4n) is 3.04. The molecule has 0 bridgehead atoms. The predicted octanol–water partition coefficient (Wildman–Crippen LogP) is 3.13. The van der Waals surface area contributed by atoms with Crippen LogP contribution in [0.25, 0.3) is 0 Å². The predicted molar refractivity (Wildman–Crippen MR) is 88.6 cm³/mol. The first kappa shape index (κ1) is 15.8. The number of nitrogens with zero attached hydrogens (tertiary/aromatic N) is 1. The minimum atomic E-state index is -0.431. The smallest absolute Gasteiger partial charge is 0.241 e.